The van der Waals surface area contributed by atoms with Crippen molar-refractivity contribution in [3.8, 4) is 28.6 Å². The Morgan fingerprint density at radius 1 is 0.733 bits per heavy atom. The lowest BCUT2D eigenvalue weighted by Gasteiger charge is -2.06. The van der Waals surface area contributed by atoms with Gasteiger partial charge in [-0.25, -0.2) is 9.59 Å². The van der Waals surface area contributed by atoms with Crippen LogP contribution in [0.1, 0.15) is 0 Å². The normalized spacial score (nSPS) is 11.4. The Hall–Kier alpha value is -4.20. The SMILES string of the molecule is COc1ccc2c(O)c(-c3cc4c(=O)oc5cc(OC)ccc5c4o3)c(=O)oc2c1. The van der Waals surface area contributed by atoms with E-state index in [0.717, 1.165) is 0 Å². The smallest absolute Gasteiger partial charge is 0.351 e. The summed E-state index contributed by atoms with van der Waals surface area (Å²) >= 11 is 0. The largest absolute Gasteiger partial charge is 0.506 e. The molecule has 3 aromatic heterocycles. The topological polar surface area (TPSA) is 112 Å². The highest BCUT2D eigenvalue weighted by atomic mass is 16.5. The van der Waals surface area contributed by atoms with Gasteiger partial charge in [-0.3, -0.25) is 0 Å². The highest BCUT2D eigenvalue weighted by molar-refractivity contribution is 6.03. The molecule has 0 saturated heterocycles. The molecule has 0 amide bonds. The van der Waals surface area contributed by atoms with Crippen molar-refractivity contribution in [2.45, 2.75) is 0 Å². The Bertz CT molecular complexity index is 1570. The van der Waals surface area contributed by atoms with E-state index in [4.69, 9.17) is 22.7 Å². The van der Waals surface area contributed by atoms with E-state index in [1.165, 1.54) is 26.4 Å². The third kappa shape index (κ3) is 2.54. The second-order valence-corrected chi connectivity index (χ2v) is 6.58. The lowest BCUT2D eigenvalue weighted by Crippen LogP contribution is -2.03. The van der Waals surface area contributed by atoms with Gasteiger partial charge in [0.1, 0.15) is 45.1 Å². The number of fused-ring (bicyclic) bond motifs is 4. The lowest BCUT2D eigenvalue weighted by atomic mass is 10.1. The minimum Gasteiger partial charge on any atom is -0.506 e. The van der Waals surface area contributed by atoms with Crippen LogP contribution in [0.4, 0.5) is 0 Å². The third-order valence-corrected chi connectivity index (χ3v) is 4.92. The van der Waals surface area contributed by atoms with Crippen LogP contribution in [0.2, 0.25) is 0 Å². The van der Waals surface area contributed by atoms with Crippen LogP contribution in [0.3, 0.4) is 0 Å². The summed E-state index contributed by atoms with van der Waals surface area (Å²) in [6.45, 7) is 0. The van der Waals surface area contributed by atoms with Gasteiger partial charge >= 0.3 is 11.3 Å². The van der Waals surface area contributed by atoms with E-state index in [-0.39, 0.29) is 39.2 Å². The summed E-state index contributed by atoms with van der Waals surface area (Å²) < 4.78 is 26.8. The van der Waals surface area contributed by atoms with Gasteiger partial charge in [0, 0.05) is 18.2 Å². The molecule has 0 bridgehead atoms. The Balaban J connectivity index is 1.80. The van der Waals surface area contributed by atoms with Crippen LogP contribution in [0.15, 0.2) is 65.3 Å². The minimum atomic E-state index is -0.817. The van der Waals surface area contributed by atoms with E-state index in [9.17, 15) is 14.7 Å². The highest BCUT2D eigenvalue weighted by Gasteiger charge is 2.22. The fourth-order valence-corrected chi connectivity index (χ4v) is 3.43. The van der Waals surface area contributed by atoms with E-state index in [1.54, 1.807) is 30.3 Å². The molecule has 3 heterocycles. The van der Waals surface area contributed by atoms with E-state index in [1.807, 2.05) is 0 Å². The maximum Gasteiger partial charge on any atom is 0.351 e. The average molecular weight is 406 g/mol. The fourth-order valence-electron chi connectivity index (χ4n) is 3.43. The molecule has 0 radical (unpaired) electrons. The van der Waals surface area contributed by atoms with Crippen LogP contribution in [0, 0.1) is 0 Å². The summed E-state index contributed by atoms with van der Waals surface area (Å²) in [5.41, 5.74) is -0.987. The summed E-state index contributed by atoms with van der Waals surface area (Å²) in [4.78, 5) is 25.1. The first-order valence-corrected chi connectivity index (χ1v) is 8.88. The summed E-state index contributed by atoms with van der Waals surface area (Å²) in [6, 6.07) is 11.0. The molecular formula is C22H14O8. The zero-order valence-corrected chi connectivity index (χ0v) is 15.8. The van der Waals surface area contributed by atoms with Crippen molar-refractivity contribution in [3.05, 3.63) is 63.3 Å². The number of benzene rings is 2. The second-order valence-electron chi connectivity index (χ2n) is 6.58. The number of furan rings is 1. The zero-order chi connectivity index (χ0) is 21.0. The molecule has 5 rings (SSSR count). The molecule has 0 saturated carbocycles. The van der Waals surface area contributed by atoms with Gasteiger partial charge in [0.2, 0.25) is 0 Å². The molecule has 1 N–H and O–H groups in total. The van der Waals surface area contributed by atoms with Crippen LogP contribution in [0.25, 0.3) is 44.2 Å². The van der Waals surface area contributed by atoms with Crippen molar-refractivity contribution in [2.75, 3.05) is 14.2 Å². The lowest BCUT2D eigenvalue weighted by molar-refractivity contribution is 0.413. The standard InChI is InChI=1S/C22H14O8/c1-26-10-3-5-12-15(7-10)30-22(25)18(19(12)23)17-9-14-20(28-17)13-6-4-11(27-2)8-16(13)29-21(14)24/h3-9,23H,1-2H3. The van der Waals surface area contributed by atoms with Gasteiger partial charge in [-0.15, -0.1) is 0 Å². The molecule has 0 spiro atoms. The first kappa shape index (κ1) is 17.9. The summed E-state index contributed by atoms with van der Waals surface area (Å²) in [6.07, 6.45) is 0. The van der Waals surface area contributed by atoms with Crippen LogP contribution >= 0.6 is 0 Å². The summed E-state index contributed by atoms with van der Waals surface area (Å²) in [5.74, 6) is 0.656. The summed E-state index contributed by atoms with van der Waals surface area (Å²) in [7, 11) is 2.98. The molecular weight excluding hydrogens is 392 g/mol. The Morgan fingerprint density at radius 2 is 1.33 bits per heavy atom. The average Bonchev–Trinajstić information content (AvgIpc) is 3.18. The molecule has 0 atom stereocenters. The number of methoxy groups -OCH3 is 2. The predicted octanol–water partition coefficient (Wildman–Crippen LogP) is 4.04. The van der Waals surface area contributed by atoms with Crippen molar-refractivity contribution in [3.63, 3.8) is 0 Å². The van der Waals surface area contributed by atoms with Crippen LogP contribution in [-0.2, 0) is 0 Å². The molecule has 8 nitrogen and oxygen atoms in total. The zero-order valence-electron chi connectivity index (χ0n) is 15.8. The predicted molar refractivity (Wildman–Crippen MR) is 109 cm³/mol. The van der Waals surface area contributed by atoms with Gasteiger partial charge in [-0.1, -0.05) is 0 Å². The number of hydrogen-bond acceptors (Lipinski definition) is 8. The van der Waals surface area contributed by atoms with Crippen molar-refractivity contribution in [2.24, 2.45) is 0 Å². The molecule has 0 fully saturated rings. The minimum absolute atomic E-state index is 0.00964. The van der Waals surface area contributed by atoms with Crippen molar-refractivity contribution >= 4 is 32.9 Å². The van der Waals surface area contributed by atoms with Crippen LogP contribution in [-0.4, -0.2) is 19.3 Å². The number of aromatic hydroxyl groups is 1. The number of hydrogen-bond donors (Lipinski definition) is 1. The van der Waals surface area contributed by atoms with Gasteiger partial charge in [-0.05, 0) is 24.3 Å². The van der Waals surface area contributed by atoms with Gasteiger partial charge in [-0.2, -0.15) is 0 Å². The molecule has 8 heteroatoms. The molecule has 5 aromatic rings. The molecule has 30 heavy (non-hydrogen) atoms. The molecule has 0 unspecified atom stereocenters. The Morgan fingerprint density at radius 3 is 2.00 bits per heavy atom. The molecule has 0 aliphatic carbocycles. The van der Waals surface area contributed by atoms with Crippen LogP contribution < -0.4 is 20.7 Å². The first-order valence-electron chi connectivity index (χ1n) is 8.88. The molecule has 150 valence electrons. The van der Waals surface area contributed by atoms with Crippen molar-refractivity contribution in [1.82, 2.24) is 0 Å². The Kier molecular flexibility index (Phi) is 3.82. The number of ether oxygens (including phenoxy) is 2. The molecule has 0 aliphatic heterocycles. The third-order valence-electron chi connectivity index (χ3n) is 4.92. The van der Waals surface area contributed by atoms with E-state index in [2.05, 4.69) is 0 Å². The van der Waals surface area contributed by atoms with Gasteiger partial charge < -0.3 is 27.8 Å². The summed E-state index contributed by atoms with van der Waals surface area (Å²) in [5, 5.41) is 11.7. The first-order chi connectivity index (χ1) is 14.5. The van der Waals surface area contributed by atoms with Gasteiger partial charge in [0.05, 0.1) is 25.0 Å². The maximum atomic E-state index is 12.6. The Labute approximate surface area is 167 Å². The second kappa shape index (κ2) is 6.41. The van der Waals surface area contributed by atoms with E-state index >= 15 is 0 Å². The van der Waals surface area contributed by atoms with Crippen molar-refractivity contribution in [1.29, 1.82) is 0 Å². The quantitative estimate of drug-likeness (QED) is 0.447. The highest BCUT2D eigenvalue weighted by Crippen LogP contribution is 2.38. The van der Waals surface area contributed by atoms with E-state index in [0.29, 0.717) is 22.3 Å². The van der Waals surface area contributed by atoms with Gasteiger partial charge in [0.15, 0.2) is 5.58 Å². The maximum absolute atomic E-state index is 12.6. The fraction of sp³-hybridized carbons (Fsp3) is 0.0909. The number of rotatable bonds is 3. The van der Waals surface area contributed by atoms with Gasteiger partial charge in [0.25, 0.3) is 0 Å². The van der Waals surface area contributed by atoms with Crippen molar-refractivity contribution < 1.29 is 27.8 Å². The monoisotopic (exact) mass is 406 g/mol. The van der Waals surface area contributed by atoms with Crippen LogP contribution in [0.5, 0.6) is 17.2 Å². The molecule has 0 aliphatic rings. The molecule has 2 aromatic carbocycles. The van der Waals surface area contributed by atoms with E-state index < -0.39 is 11.3 Å².